The molecule has 0 radical (unpaired) electrons. The van der Waals surface area contributed by atoms with Gasteiger partial charge < -0.3 is 4.12 Å². The molecule has 0 spiro atoms. The van der Waals surface area contributed by atoms with Crippen LogP contribution in [0.1, 0.15) is 0 Å². The summed E-state index contributed by atoms with van der Waals surface area (Å²) in [7, 11) is 0.0715. The van der Waals surface area contributed by atoms with Gasteiger partial charge >= 0.3 is 9.92 Å². The predicted molar refractivity (Wildman–Crippen MR) is 50.5 cm³/mol. The molecule has 0 aliphatic heterocycles. The average molecular weight is 182 g/mol. The van der Waals surface area contributed by atoms with Crippen molar-refractivity contribution in [3.8, 4) is 0 Å². The first kappa shape index (κ1) is 8.31. The van der Waals surface area contributed by atoms with Crippen molar-refractivity contribution in [2.45, 2.75) is 0 Å². The Morgan fingerprint density at radius 1 is 1.27 bits per heavy atom. The van der Waals surface area contributed by atoms with Crippen molar-refractivity contribution in [1.82, 2.24) is 0 Å². The van der Waals surface area contributed by atoms with E-state index in [0.717, 1.165) is 16.2 Å². The average Bonchev–Trinajstić information content (AvgIpc) is 2.07. The second kappa shape index (κ2) is 4.94. The number of hydrogen-bond acceptors (Lipinski definition) is 3. The molecule has 0 aliphatic carbocycles. The van der Waals surface area contributed by atoms with Crippen molar-refractivity contribution in [3.05, 3.63) is 30.3 Å². The molecule has 0 fully saturated rings. The molecule has 1 rings (SSSR count). The summed E-state index contributed by atoms with van der Waals surface area (Å²) in [6, 6.07) is 9.69. The minimum Gasteiger partial charge on any atom is -0.451 e. The molecule has 5 heteroatoms. The van der Waals surface area contributed by atoms with Gasteiger partial charge in [0, 0.05) is 0 Å². The van der Waals surface area contributed by atoms with E-state index in [9.17, 15) is 0 Å². The minimum atomic E-state index is -0.702. The lowest BCUT2D eigenvalue weighted by Gasteiger charge is -1.89. The third-order valence-electron chi connectivity index (χ3n) is 1.13. The number of hydrogen-bond donors (Lipinski definition) is 0. The Hall–Kier alpha value is -0.786. The maximum Gasteiger partial charge on any atom is 0.303 e. The Kier molecular flexibility index (Phi) is 3.74. The molecule has 1 aromatic carbocycles. The molecule has 0 bridgehead atoms. The molecule has 11 heavy (non-hydrogen) atoms. The van der Waals surface area contributed by atoms with Gasteiger partial charge in [-0.25, -0.2) is 4.78 Å². The molecule has 0 amide bonds. The Bertz CT molecular complexity index is 227. The van der Waals surface area contributed by atoms with Gasteiger partial charge in [0.2, 0.25) is 0 Å². The standard InChI is InChI=1S/C6H10N2OSi2/c10-9-11-8-7-6-4-2-1-3-5-6/h1-5H,11H2,10H3. The van der Waals surface area contributed by atoms with Crippen LogP contribution in [0, 0.1) is 0 Å². The highest BCUT2D eigenvalue weighted by Gasteiger charge is 1.82. The lowest BCUT2D eigenvalue weighted by molar-refractivity contribution is 0.661. The van der Waals surface area contributed by atoms with Gasteiger partial charge in [-0.3, -0.25) is 0 Å². The highest BCUT2D eigenvalue weighted by molar-refractivity contribution is 6.31. The summed E-state index contributed by atoms with van der Waals surface area (Å²) in [4.78, 5) is 0. The normalized spacial score (nSPS) is 12.0. The Morgan fingerprint density at radius 3 is 2.64 bits per heavy atom. The third-order valence-corrected chi connectivity index (χ3v) is 2.42. The fourth-order valence-corrected chi connectivity index (χ4v) is 1.35. The molecule has 0 aliphatic rings. The summed E-state index contributed by atoms with van der Waals surface area (Å²) in [5, 5.41) is 3.98. The quantitative estimate of drug-likeness (QED) is 0.481. The van der Waals surface area contributed by atoms with E-state index in [4.69, 9.17) is 4.12 Å². The molecule has 0 aromatic heterocycles. The van der Waals surface area contributed by atoms with E-state index in [1.165, 1.54) is 0 Å². The predicted octanol–water partition coefficient (Wildman–Crippen LogP) is 0.0661. The van der Waals surface area contributed by atoms with Gasteiger partial charge in [0.15, 0.2) is 0 Å². The first-order valence-electron chi connectivity index (χ1n) is 3.35. The Morgan fingerprint density at radius 2 is 2.00 bits per heavy atom. The monoisotopic (exact) mass is 182 g/mol. The largest absolute Gasteiger partial charge is 0.451 e. The topological polar surface area (TPSA) is 34.0 Å². The van der Waals surface area contributed by atoms with E-state index in [2.05, 4.69) is 9.89 Å². The summed E-state index contributed by atoms with van der Waals surface area (Å²) in [5.41, 5.74) is 0.902. The van der Waals surface area contributed by atoms with Crippen molar-refractivity contribution in [2.24, 2.45) is 9.89 Å². The van der Waals surface area contributed by atoms with Crippen LogP contribution in [0.15, 0.2) is 40.2 Å². The molecule has 0 N–H and O–H groups in total. The highest BCUT2D eigenvalue weighted by Crippen LogP contribution is 2.09. The van der Waals surface area contributed by atoms with E-state index in [1.807, 2.05) is 30.3 Å². The van der Waals surface area contributed by atoms with Gasteiger partial charge in [0.25, 0.3) is 0 Å². The lowest BCUT2D eigenvalue weighted by Crippen LogP contribution is -1.86. The second-order valence-corrected chi connectivity index (χ2v) is 4.85. The van der Waals surface area contributed by atoms with Crippen LogP contribution in [-0.4, -0.2) is 20.4 Å². The summed E-state index contributed by atoms with van der Waals surface area (Å²) in [6.07, 6.45) is 0. The first-order chi connectivity index (χ1) is 5.43. The van der Waals surface area contributed by atoms with Gasteiger partial charge in [0.1, 0.15) is 10.5 Å². The van der Waals surface area contributed by atoms with Crippen LogP contribution in [0.4, 0.5) is 5.69 Å². The maximum absolute atomic E-state index is 4.98. The van der Waals surface area contributed by atoms with Crippen LogP contribution >= 0.6 is 0 Å². The van der Waals surface area contributed by atoms with Crippen molar-refractivity contribution in [1.29, 1.82) is 0 Å². The van der Waals surface area contributed by atoms with E-state index in [0.29, 0.717) is 0 Å². The second-order valence-electron chi connectivity index (χ2n) is 1.99. The van der Waals surface area contributed by atoms with Crippen LogP contribution in [-0.2, 0) is 4.12 Å². The SMILES string of the molecule is [SiH3]O[SiH2]N=Nc1ccccc1. The lowest BCUT2D eigenvalue weighted by atomic mass is 10.3. The molecule has 0 atom stereocenters. The van der Waals surface area contributed by atoms with Gasteiger partial charge in [-0.15, -0.1) is 0 Å². The van der Waals surface area contributed by atoms with Crippen molar-refractivity contribution < 1.29 is 4.12 Å². The van der Waals surface area contributed by atoms with E-state index >= 15 is 0 Å². The van der Waals surface area contributed by atoms with Crippen LogP contribution in [0.2, 0.25) is 0 Å². The van der Waals surface area contributed by atoms with Gasteiger partial charge in [-0.1, -0.05) is 18.2 Å². The zero-order valence-electron chi connectivity index (χ0n) is 6.40. The van der Waals surface area contributed by atoms with Crippen LogP contribution in [0.3, 0.4) is 0 Å². The zero-order valence-corrected chi connectivity index (χ0v) is 9.81. The molecule has 0 heterocycles. The molecular weight excluding hydrogens is 172 g/mol. The molecule has 58 valence electrons. The first-order valence-corrected chi connectivity index (χ1v) is 5.37. The van der Waals surface area contributed by atoms with Crippen molar-refractivity contribution in [3.63, 3.8) is 0 Å². The van der Waals surface area contributed by atoms with Gasteiger partial charge in [-0.2, -0.15) is 5.11 Å². The molecule has 0 saturated carbocycles. The molecular formula is C6H10N2OSi2. The van der Waals surface area contributed by atoms with Crippen LogP contribution in [0.25, 0.3) is 0 Å². The summed E-state index contributed by atoms with van der Waals surface area (Å²) < 4.78 is 8.92. The number of benzene rings is 1. The molecule has 0 saturated heterocycles. The van der Waals surface area contributed by atoms with Crippen LogP contribution in [0.5, 0.6) is 0 Å². The Labute approximate surface area is 71.1 Å². The summed E-state index contributed by atoms with van der Waals surface area (Å²) in [5.74, 6) is 0. The van der Waals surface area contributed by atoms with Crippen molar-refractivity contribution >= 4 is 26.1 Å². The van der Waals surface area contributed by atoms with E-state index in [-0.39, 0.29) is 0 Å². The zero-order chi connectivity index (χ0) is 7.94. The molecule has 1 aromatic rings. The fourth-order valence-electron chi connectivity index (χ4n) is 0.663. The highest BCUT2D eigenvalue weighted by atomic mass is 28.3. The van der Waals surface area contributed by atoms with Crippen LogP contribution < -0.4 is 0 Å². The van der Waals surface area contributed by atoms with Gasteiger partial charge in [0.05, 0.1) is 5.69 Å². The summed E-state index contributed by atoms with van der Waals surface area (Å²) in [6.45, 7) is 0. The van der Waals surface area contributed by atoms with Gasteiger partial charge in [-0.05, 0) is 12.1 Å². The molecule has 0 unspecified atom stereocenters. The fraction of sp³-hybridized carbons (Fsp3) is 0. The van der Waals surface area contributed by atoms with Crippen molar-refractivity contribution in [2.75, 3.05) is 0 Å². The Balaban J connectivity index is 2.50. The minimum absolute atomic E-state index is 0.702. The molecule has 3 nitrogen and oxygen atoms in total. The third kappa shape index (κ3) is 3.21. The number of rotatable bonds is 3. The summed E-state index contributed by atoms with van der Waals surface area (Å²) >= 11 is 0. The van der Waals surface area contributed by atoms with E-state index in [1.54, 1.807) is 0 Å². The number of nitrogens with zero attached hydrogens (tertiary/aromatic N) is 2. The van der Waals surface area contributed by atoms with E-state index < -0.39 is 9.92 Å². The smallest absolute Gasteiger partial charge is 0.303 e. The maximum atomic E-state index is 4.98.